The van der Waals surface area contributed by atoms with Gasteiger partial charge in [-0.1, -0.05) is 36.4 Å². The molecule has 8 heteroatoms. The van der Waals surface area contributed by atoms with Crippen molar-refractivity contribution in [1.82, 2.24) is 9.97 Å². The third-order valence-electron chi connectivity index (χ3n) is 3.87. The molecule has 0 aliphatic carbocycles. The van der Waals surface area contributed by atoms with Crippen molar-refractivity contribution in [2.24, 2.45) is 0 Å². The Hall–Kier alpha value is -3.26. The molecule has 0 spiro atoms. The summed E-state index contributed by atoms with van der Waals surface area (Å²) >= 11 is 0. The standard InChI is InChI=1S/C18H19N5O3/c1-26-11-5-10-19-17-16(23(24)25)18(21-12-20-17)22-15-9-4-7-13-6-2-3-8-14(13)15/h2-4,6-9,12H,5,10-11H2,1H3,(H2,19,20,21,22). The van der Waals surface area contributed by atoms with Gasteiger partial charge in [0.15, 0.2) is 0 Å². The second-order valence-corrected chi connectivity index (χ2v) is 5.60. The van der Waals surface area contributed by atoms with Crippen LogP contribution in [-0.2, 0) is 4.74 Å². The minimum absolute atomic E-state index is 0.149. The van der Waals surface area contributed by atoms with Gasteiger partial charge in [-0.3, -0.25) is 10.1 Å². The molecule has 1 aromatic heterocycles. The van der Waals surface area contributed by atoms with Crippen molar-refractivity contribution in [3.63, 3.8) is 0 Å². The van der Waals surface area contributed by atoms with E-state index in [1.54, 1.807) is 7.11 Å². The van der Waals surface area contributed by atoms with Crippen LogP contribution in [0.15, 0.2) is 48.8 Å². The number of nitrogens with one attached hydrogen (secondary N) is 2. The van der Waals surface area contributed by atoms with E-state index >= 15 is 0 Å². The molecule has 26 heavy (non-hydrogen) atoms. The molecule has 0 bridgehead atoms. The average molecular weight is 353 g/mol. The van der Waals surface area contributed by atoms with Crippen molar-refractivity contribution in [3.8, 4) is 0 Å². The predicted molar refractivity (Wildman–Crippen MR) is 101 cm³/mol. The topological polar surface area (TPSA) is 102 Å². The van der Waals surface area contributed by atoms with Gasteiger partial charge < -0.3 is 15.4 Å². The first-order chi connectivity index (χ1) is 12.7. The number of benzene rings is 2. The maximum absolute atomic E-state index is 11.6. The van der Waals surface area contributed by atoms with Crippen LogP contribution in [0.3, 0.4) is 0 Å². The molecule has 0 aliphatic heterocycles. The molecular formula is C18H19N5O3. The fraction of sp³-hybridized carbons (Fsp3) is 0.222. The molecule has 1 heterocycles. The van der Waals surface area contributed by atoms with Gasteiger partial charge in [-0.05, 0) is 17.9 Å². The van der Waals surface area contributed by atoms with E-state index in [0.29, 0.717) is 19.6 Å². The highest BCUT2D eigenvalue weighted by Gasteiger charge is 2.23. The zero-order valence-electron chi connectivity index (χ0n) is 14.3. The largest absolute Gasteiger partial charge is 0.385 e. The smallest absolute Gasteiger partial charge is 0.353 e. The van der Waals surface area contributed by atoms with Gasteiger partial charge in [0.2, 0.25) is 11.6 Å². The molecule has 0 atom stereocenters. The number of ether oxygens (including phenoxy) is 1. The summed E-state index contributed by atoms with van der Waals surface area (Å²) in [6.07, 6.45) is 2.02. The number of methoxy groups -OCH3 is 1. The molecule has 8 nitrogen and oxygen atoms in total. The molecule has 3 rings (SSSR count). The van der Waals surface area contributed by atoms with Crippen molar-refractivity contribution in [3.05, 3.63) is 58.9 Å². The van der Waals surface area contributed by atoms with E-state index < -0.39 is 4.92 Å². The van der Waals surface area contributed by atoms with Crippen molar-refractivity contribution < 1.29 is 9.66 Å². The summed E-state index contributed by atoms with van der Waals surface area (Å²) in [6.45, 7) is 1.08. The SMILES string of the molecule is COCCCNc1ncnc(Nc2cccc3ccccc23)c1[N+](=O)[O-]. The zero-order chi connectivity index (χ0) is 18.4. The predicted octanol–water partition coefficient (Wildman–Crippen LogP) is 3.73. The Morgan fingerprint density at radius 3 is 2.69 bits per heavy atom. The highest BCUT2D eigenvalue weighted by atomic mass is 16.6. The number of aromatic nitrogens is 2. The van der Waals surface area contributed by atoms with Crippen LogP contribution >= 0.6 is 0 Å². The minimum Gasteiger partial charge on any atom is -0.385 e. The summed E-state index contributed by atoms with van der Waals surface area (Å²) < 4.78 is 4.98. The lowest BCUT2D eigenvalue weighted by Crippen LogP contribution is -2.10. The Kier molecular flexibility index (Phi) is 5.55. The van der Waals surface area contributed by atoms with Crippen molar-refractivity contribution in [1.29, 1.82) is 0 Å². The number of rotatable bonds is 8. The highest BCUT2D eigenvalue weighted by Crippen LogP contribution is 2.33. The summed E-state index contributed by atoms with van der Waals surface area (Å²) in [5.74, 6) is 0.333. The van der Waals surface area contributed by atoms with Gasteiger partial charge in [-0.2, -0.15) is 0 Å². The molecule has 0 unspecified atom stereocenters. The first kappa shape index (κ1) is 17.6. The summed E-state index contributed by atoms with van der Waals surface area (Å²) in [6, 6.07) is 13.5. The number of nitrogens with zero attached hydrogens (tertiary/aromatic N) is 3. The van der Waals surface area contributed by atoms with Crippen LogP contribution in [0.25, 0.3) is 10.8 Å². The van der Waals surface area contributed by atoms with E-state index in [1.807, 2.05) is 42.5 Å². The molecule has 3 aromatic rings. The monoisotopic (exact) mass is 353 g/mol. The quantitative estimate of drug-likeness (QED) is 0.361. The molecule has 0 aliphatic rings. The number of fused-ring (bicyclic) bond motifs is 1. The molecule has 0 radical (unpaired) electrons. The molecule has 0 amide bonds. The molecule has 134 valence electrons. The van der Waals surface area contributed by atoms with E-state index in [4.69, 9.17) is 4.74 Å². The van der Waals surface area contributed by atoms with Gasteiger partial charge in [0.05, 0.1) is 4.92 Å². The van der Waals surface area contributed by atoms with Crippen LogP contribution in [0.5, 0.6) is 0 Å². The van der Waals surface area contributed by atoms with Crippen LogP contribution in [0.2, 0.25) is 0 Å². The van der Waals surface area contributed by atoms with E-state index in [9.17, 15) is 10.1 Å². The van der Waals surface area contributed by atoms with Gasteiger partial charge in [-0.25, -0.2) is 9.97 Å². The normalized spacial score (nSPS) is 10.7. The van der Waals surface area contributed by atoms with Crippen LogP contribution in [-0.4, -0.2) is 35.2 Å². The van der Waals surface area contributed by atoms with E-state index in [-0.39, 0.29) is 17.3 Å². The lowest BCUT2D eigenvalue weighted by atomic mass is 10.1. The first-order valence-corrected chi connectivity index (χ1v) is 8.17. The van der Waals surface area contributed by atoms with Crippen molar-refractivity contribution in [2.45, 2.75) is 6.42 Å². The molecule has 0 saturated heterocycles. The van der Waals surface area contributed by atoms with Gasteiger partial charge in [0.25, 0.3) is 0 Å². The van der Waals surface area contributed by atoms with Crippen LogP contribution in [0.1, 0.15) is 6.42 Å². The van der Waals surface area contributed by atoms with E-state index in [0.717, 1.165) is 16.5 Å². The molecule has 2 aromatic carbocycles. The Labute approximate surface area is 150 Å². The first-order valence-electron chi connectivity index (χ1n) is 8.17. The summed E-state index contributed by atoms with van der Waals surface area (Å²) in [7, 11) is 1.61. The average Bonchev–Trinajstić information content (AvgIpc) is 2.65. The van der Waals surface area contributed by atoms with Gasteiger partial charge >= 0.3 is 5.69 Å². The van der Waals surface area contributed by atoms with Crippen molar-refractivity contribution >= 4 is 33.8 Å². The van der Waals surface area contributed by atoms with E-state index in [2.05, 4.69) is 20.6 Å². The van der Waals surface area contributed by atoms with E-state index in [1.165, 1.54) is 6.33 Å². The van der Waals surface area contributed by atoms with Crippen LogP contribution in [0, 0.1) is 10.1 Å². The molecule has 0 fully saturated rings. The third-order valence-corrected chi connectivity index (χ3v) is 3.87. The lowest BCUT2D eigenvalue weighted by Gasteiger charge is -2.11. The van der Waals surface area contributed by atoms with Crippen LogP contribution in [0.4, 0.5) is 23.0 Å². The number of anilines is 3. The van der Waals surface area contributed by atoms with Gasteiger partial charge in [-0.15, -0.1) is 0 Å². The maximum atomic E-state index is 11.6. The Balaban J connectivity index is 1.93. The highest BCUT2D eigenvalue weighted by molar-refractivity contribution is 5.95. The van der Waals surface area contributed by atoms with Gasteiger partial charge in [0, 0.05) is 31.3 Å². The lowest BCUT2D eigenvalue weighted by molar-refractivity contribution is -0.383. The maximum Gasteiger partial charge on any atom is 0.353 e. The number of hydrogen-bond donors (Lipinski definition) is 2. The fourth-order valence-corrected chi connectivity index (χ4v) is 2.66. The Bertz CT molecular complexity index is 911. The minimum atomic E-state index is -0.480. The summed E-state index contributed by atoms with van der Waals surface area (Å²) in [4.78, 5) is 19.2. The number of nitro groups is 1. The Morgan fingerprint density at radius 1 is 1.12 bits per heavy atom. The number of hydrogen-bond acceptors (Lipinski definition) is 7. The second kappa shape index (κ2) is 8.21. The van der Waals surface area contributed by atoms with Crippen LogP contribution < -0.4 is 10.6 Å². The fourth-order valence-electron chi connectivity index (χ4n) is 2.66. The summed E-state index contributed by atoms with van der Waals surface area (Å²) in [5.41, 5.74) is 0.563. The van der Waals surface area contributed by atoms with Gasteiger partial charge in [0.1, 0.15) is 6.33 Å². The zero-order valence-corrected chi connectivity index (χ0v) is 14.3. The summed E-state index contributed by atoms with van der Waals surface area (Å²) in [5, 5.41) is 19.7. The van der Waals surface area contributed by atoms with Crippen molar-refractivity contribution in [2.75, 3.05) is 30.9 Å². The molecule has 0 saturated carbocycles. The third kappa shape index (κ3) is 3.86. The second-order valence-electron chi connectivity index (χ2n) is 5.60. The molecular weight excluding hydrogens is 334 g/mol. The molecule has 2 N–H and O–H groups in total. The Morgan fingerprint density at radius 2 is 1.88 bits per heavy atom.